The van der Waals surface area contributed by atoms with Crippen LogP contribution in [0.3, 0.4) is 0 Å². The normalized spacial score (nSPS) is 10.8. The van der Waals surface area contributed by atoms with Gasteiger partial charge < -0.3 is 0 Å². The zero-order valence-corrected chi connectivity index (χ0v) is 10.8. The average Bonchev–Trinajstić information content (AvgIpc) is 2.36. The van der Waals surface area contributed by atoms with Crippen LogP contribution in [0, 0.1) is 23.5 Å². The number of thioether (sulfide) groups is 1. The van der Waals surface area contributed by atoms with Gasteiger partial charge in [0, 0.05) is 10.8 Å². The number of benzene rings is 1. The molecule has 1 aromatic heterocycles. The Hall–Kier alpha value is -1.27. The Morgan fingerprint density at radius 3 is 2.26 bits per heavy atom. The Morgan fingerprint density at radius 1 is 1.05 bits per heavy atom. The second-order valence-electron chi connectivity index (χ2n) is 3.57. The van der Waals surface area contributed by atoms with E-state index < -0.39 is 28.4 Å². The van der Waals surface area contributed by atoms with E-state index in [0.717, 1.165) is 0 Å². The molecule has 0 amide bonds. The average molecular weight is 308 g/mol. The van der Waals surface area contributed by atoms with Crippen molar-refractivity contribution in [3.63, 3.8) is 0 Å². The third-order valence-corrected chi connectivity index (χ3v) is 3.59. The third-order valence-electron chi connectivity index (χ3n) is 2.23. The smallest absolute Gasteiger partial charge is 0.201 e. The van der Waals surface area contributed by atoms with Crippen molar-refractivity contribution < 1.29 is 17.6 Å². The summed E-state index contributed by atoms with van der Waals surface area (Å²) in [4.78, 5) is 1.75. The summed E-state index contributed by atoms with van der Waals surface area (Å²) >= 11 is 6.39. The molecule has 1 nitrogen and oxygen atoms in total. The summed E-state index contributed by atoms with van der Waals surface area (Å²) in [6.07, 6.45) is 0. The molecule has 0 atom stereocenters. The number of hydrogen-bond donors (Lipinski definition) is 0. The molecule has 0 aliphatic rings. The maximum atomic E-state index is 13.3. The highest BCUT2D eigenvalue weighted by Gasteiger charge is 2.20. The number of halogens is 5. The number of nitrogens with zero attached hydrogens (tertiary/aromatic N) is 1. The van der Waals surface area contributed by atoms with Crippen LogP contribution in [0.5, 0.6) is 0 Å². The predicted octanol–water partition coefficient (Wildman–Crippen LogP) is 4.58. The minimum Gasteiger partial charge on any atom is -0.201 e. The lowest BCUT2D eigenvalue weighted by Gasteiger charge is -2.06. The van der Waals surface area contributed by atoms with Crippen molar-refractivity contribution >= 4 is 23.4 Å². The molecule has 2 rings (SSSR count). The molecule has 0 saturated carbocycles. The summed E-state index contributed by atoms with van der Waals surface area (Å²) in [6.45, 7) is 0. The molecule has 100 valence electrons. The van der Waals surface area contributed by atoms with Crippen molar-refractivity contribution in [1.29, 1.82) is 0 Å². The van der Waals surface area contributed by atoms with Gasteiger partial charge in [0.1, 0.15) is 0 Å². The van der Waals surface area contributed by atoms with Gasteiger partial charge in [0.05, 0.1) is 4.90 Å². The molecule has 0 aliphatic heterocycles. The van der Waals surface area contributed by atoms with E-state index in [4.69, 9.17) is 11.6 Å². The molecule has 1 aromatic carbocycles. The molecular weight excluding hydrogens is 302 g/mol. The summed E-state index contributed by atoms with van der Waals surface area (Å²) in [5, 5.41) is 0.464. The quantitative estimate of drug-likeness (QED) is 0.467. The molecular formula is C12H6ClF4NS. The van der Waals surface area contributed by atoms with Crippen LogP contribution in [0.4, 0.5) is 17.6 Å². The van der Waals surface area contributed by atoms with E-state index in [1.165, 1.54) is 0 Å². The Morgan fingerprint density at radius 2 is 1.68 bits per heavy atom. The van der Waals surface area contributed by atoms with Gasteiger partial charge in [0.15, 0.2) is 11.6 Å². The standard InChI is InChI=1S/C12H6ClF4NS/c13-7-3-1-2-6(4-7)5-19-10-8(14)11(16)18-12(17)9(10)15/h1-4H,5H2. The number of rotatable bonds is 3. The highest BCUT2D eigenvalue weighted by atomic mass is 35.5. The van der Waals surface area contributed by atoms with Gasteiger partial charge in [0.2, 0.25) is 0 Å². The van der Waals surface area contributed by atoms with Crippen molar-refractivity contribution in [3.8, 4) is 0 Å². The summed E-state index contributed by atoms with van der Waals surface area (Å²) in [6, 6.07) is 6.59. The lowest BCUT2D eigenvalue weighted by molar-refractivity contribution is 0.383. The molecule has 0 N–H and O–H groups in total. The van der Waals surface area contributed by atoms with Crippen LogP contribution in [0.25, 0.3) is 0 Å². The van der Waals surface area contributed by atoms with Crippen LogP contribution in [0.15, 0.2) is 29.2 Å². The maximum Gasteiger partial charge on any atom is 0.252 e. The molecule has 7 heteroatoms. The monoisotopic (exact) mass is 307 g/mol. The van der Waals surface area contributed by atoms with Gasteiger partial charge in [0.25, 0.3) is 11.9 Å². The van der Waals surface area contributed by atoms with E-state index in [1.54, 1.807) is 24.3 Å². The SMILES string of the molecule is Fc1nc(F)c(F)c(SCc2cccc(Cl)c2)c1F. The van der Waals surface area contributed by atoms with E-state index in [0.29, 0.717) is 22.3 Å². The Balaban J connectivity index is 2.25. The Labute approximate surface area is 115 Å². The van der Waals surface area contributed by atoms with Crippen LogP contribution < -0.4 is 0 Å². The first-order valence-electron chi connectivity index (χ1n) is 5.06. The largest absolute Gasteiger partial charge is 0.252 e. The van der Waals surface area contributed by atoms with Crippen LogP contribution in [0.1, 0.15) is 5.56 Å². The molecule has 2 aromatic rings. The molecule has 0 saturated heterocycles. The highest BCUT2D eigenvalue weighted by molar-refractivity contribution is 7.98. The molecule has 19 heavy (non-hydrogen) atoms. The van der Waals surface area contributed by atoms with E-state index in [9.17, 15) is 17.6 Å². The van der Waals surface area contributed by atoms with Gasteiger partial charge in [-0.3, -0.25) is 0 Å². The minimum atomic E-state index is -1.66. The van der Waals surface area contributed by atoms with Gasteiger partial charge >= 0.3 is 0 Å². The minimum absolute atomic E-state index is 0.122. The molecule has 0 unspecified atom stereocenters. The van der Waals surface area contributed by atoms with Crippen molar-refractivity contribution in [3.05, 3.63) is 58.4 Å². The van der Waals surface area contributed by atoms with Crippen molar-refractivity contribution in [2.75, 3.05) is 0 Å². The van der Waals surface area contributed by atoms with E-state index in [-0.39, 0.29) is 5.75 Å². The van der Waals surface area contributed by atoms with Crippen LogP contribution in [-0.4, -0.2) is 4.98 Å². The van der Waals surface area contributed by atoms with Gasteiger partial charge in [-0.25, -0.2) is 8.78 Å². The zero-order chi connectivity index (χ0) is 14.0. The number of hydrogen-bond acceptors (Lipinski definition) is 2. The van der Waals surface area contributed by atoms with Crippen molar-refractivity contribution in [2.24, 2.45) is 0 Å². The lowest BCUT2D eigenvalue weighted by atomic mass is 10.2. The summed E-state index contributed by atoms with van der Waals surface area (Å²) < 4.78 is 52.4. The fourth-order valence-electron chi connectivity index (χ4n) is 1.38. The van der Waals surface area contributed by atoms with E-state index in [2.05, 4.69) is 4.98 Å². The van der Waals surface area contributed by atoms with Gasteiger partial charge in [-0.05, 0) is 17.7 Å². The molecule has 0 bridgehead atoms. The Kier molecular flexibility index (Phi) is 4.31. The van der Waals surface area contributed by atoms with Gasteiger partial charge in [-0.1, -0.05) is 23.7 Å². The van der Waals surface area contributed by atoms with Crippen molar-refractivity contribution in [2.45, 2.75) is 10.6 Å². The fraction of sp³-hybridized carbons (Fsp3) is 0.0833. The second kappa shape index (κ2) is 5.79. The maximum absolute atomic E-state index is 13.3. The van der Waals surface area contributed by atoms with Gasteiger partial charge in [-0.2, -0.15) is 13.8 Å². The molecule has 1 heterocycles. The fourth-order valence-corrected chi connectivity index (χ4v) is 2.50. The summed E-state index contributed by atoms with van der Waals surface area (Å²) in [7, 11) is 0. The van der Waals surface area contributed by atoms with E-state index in [1.807, 2.05) is 0 Å². The molecule has 0 spiro atoms. The first-order valence-corrected chi connectivity index (χ1v) is 6.42. The van der Waals surface area contributed by atoms with Crippen LogP contribution in [0.2, 0.25) is 5.02 Å². The first-order chi connectivity index (χ1) is 8.99. The highest BCUT2D eigenvalue weighted by Crippen LogP contribution is 2.30. The summed E-state index contributed by atoms with van der Waals surface area (Å²) in [5.74, 6) is -6.19. The van der Waals surface area contributed by atoms with Crippen LogP contribution >= 0.6 is 23.4 Å². The molecule has 0 aliphatic carbocycles. The molecule has 0 fully saturated rings. The zero-order valence-electron chi connectivity index (χ0n) is 9.26. The van der Waals surface area contributed by atoms with Crippen LogP contribution in [-0.2, 0) is 5.75 Å². The number of pyridine rings is 1. The number of aromatic nitrogens is 1. The second-order valence-corrected chi connectivity index (χ2v) is 4.99. The third kappa shape index (κ3) is 3.19. The Bertz CT molecular complexity index is 595. The first kappa shape index (κ1) is 14.1. The van der Waals surface area contributed by atoms with Gasteiger partial charge in [-0.15, -0.1) is 11.8 Å². The lowest BCUT2D eigenvalue weighted by Crippen LogP contribution is -2.02. The molecule has 0 radical (unpaired) electrons. The topological polar surface area (TPSA) is 12.9 Å². The van der Waals surface area contributed by atoms with E-state index >= 15 is 0 Å². The predicted molar refractivity (Wildman–Crippen MR) is 65.1 cm³/mol. The van der Waals surface area contributed by atoms with Crippen molar-refractivity contribution in [1.82, 2.24) is 4.98 Å². The summed E-state index contributed by atoms with van der Waals surface area (Å²) in [5.41, 5.74) is 0.675.